The topological polar surface area (TPSA) is 66.9 Å². The quantitative estimate of drug-likeness (QED) is 0.218. The summed E-state index contributed by atoms with van der Waals surface area (Å²) in [6.07, 6.45) is 0. The molecule has 1 saturated heterocycles. The average molecular weight is 523 g/mol. The van der Waals surface area contributed by atoms with Crippen LogP contribution in [-0.4, -0.2) is 42.4 Å². The van der Waals surface area contributed by atoms with Crippen molar-refractivity contribution in [2.24, 2.45) is 0 Å². The van der Waals surface area contributed by atoms with Crippen LogP contribution < -0.4 is 4.90 Å². The first-order chi connectivity index (χ1) is 18.8. The lowest BCUT2D eigenvalue weighted by Crippen LogP contribution is -2.43. The number of urea groups is 1. The highest BCUT2D eigenvalue weighted by molar-refractivity contribution is 6.23. The Bertz CT molecular complexity index is 1310. The highest BCUT2D eigenvalue weighted by Crippen LogP contribution is 2.33. The molecule has 39 heavy (non-hydrogen) atoms. The highest BCUT2D eigenvalue weighted by Gasteiger charge is 2.51. The van der Waals surface area contributed by atoms with Gasteiger partial charge in [0.2, 0.25) is 0 Å². The summed E-state index contributed by atoms with van der Waals surface area (Å²) >= 11 is 0. The van der Waals surface area contributed by atoms with Crippen LogP contribution in [0.2, 0.25) is 0 Å². The summed E-state index contributed by atoms with van der Waals surface area (Å²) in [4.78, 5) is 41.6. The van der Waals surface area contributed by atoms with Gasteiger partial charge in [-0.3, -0.25) is 9.59 Å². The van der Waals surface area contributed by atoms with Crippen molar-refractivity contribution in [2.75, 3.05) is 19.1 Å². The molecule has 0 atom stereocenters. The Kier molecular flexibility index (Phi) is 10.3. The minimum Gasteiger partial charge on any atom is -0.388 e. The van der Waals surface area contributed by atoms with Crippen molar-refractivity contribution >= 4 is 23.4 Å². The largest absolute Gasteiger partial charge is 0.388 e. The molecule has 4 aromatic carbocycles. The van der Waals surface area contributed by atoms with Gasteiger partial charge >= 0.3 is 6.03 Å². The molecule has 1 aliphatic rings. The molecule has 0 saturated carbocycles. The summed E-state index contributed by atoms with van der Waals surface area (Å²) in [5.41, 5.74) is 1.54. The summed E-state index contributed by atoms with van der Waals surface area (Å²) in [6.45, 7) is 3.85. The number of carbonyl (C=O) groups excluding carboxylic acids is 3. The molecule has 0 bridgehead atoms. The van der Waals surface area contributed by atoms with Crippen molar-refractivity contribution in [1.82, 2.24) is 4.90 Å². The second-order valence-electron chi connectivity index (χ2n) is 9.36. The molecule has 3 amide bonds. The van der Waals surface area contributed by atoms with Gasteiger partial charge in [0.25, 0.3) is 5.91 Å². The maximum Gasteiger partial charge on any atom is 0.332 e. The van der Waals surface area contributed by atoms with E-state index < -0.39 is 5.54 Å². The van der Waals surface area contributed by atoms with Gasteiger partial charge in [-0.2, -0.15) is 0 Å². The zero-order valence-corrected chi connectivity index (χ0v) is 22.8. The maximum atomic E-state index is 13.1. The van der Waals surface area contributed by atoms with Crippen molar-refractivity contribution in [3.8, 4) is 0 Å². The van der Waals surface area contributed by atoms with Gasteiger partial charge in [-0.1, -0.05) is 97.1 Å². The highest BCUT2D eigenvalue weighted by atomic mass is 16.4. The van der Waals surface area contributed by atoms with Gasteiger partial charge in [-0.15, -0.1) is 0 Å². The number of hydrogen-bond acceptors (Lipinski definition) is 4. The fourth-order valence-electron chi connectivity index (χ4n) is 4.00. The van der Waals surface area contributed by atoms with Crippen LogP contribution in [0, 0.1) is 0 Å². The van der Waals surface area contributed by atoms with Crippen molar-refractivity contribution in [1.29, 1.82) is 0 Å². The van der Waals surface area contributed by atoms with E-state index in [-0.39, 0.29) is 17.7 Å². The van der Waals surface area contributed by atoms with Gasteiger partial charge < -0.3 is 9.64 Å². The van der Waals surface area contributed by atoms with Gasteiger partial charge in [0.05, 0.1) is 5.69 Å². The van der Waals surface area contributed by atoms with Crippen molar-refractivity contribution in [3.63, 3.8) is 0 Å². The first-order valence-electron chi connectivity index (χ1n) is 12.6. The number of ether oxygens (including phenoxy) is 1. The SMILES string of the molecule is CC1(C)C(=O)N(c2ccc(C(=O)c3ccccc3)cc2)C(=O)N1Cc1ccccc1.COC.c1ccccc1. The Morgan fingerprint density at radius 2 is 1.08 bits per heavy atom. The molecule has 6 nitrogen and oxygen atoms in total. The predicted molar refractivity (Wildman–Crippen MR) is 155 cm³/mol. The molecule has 0 spiro atoms. The number of rotatable bonds is 5. The van der Waals surface area contributed by atoms with E-state index >= 15 is 0 Å². The van der Waals surface area contributed by atoms with Crippen LogP contribution in [0.1, 0.15) is 35.3 Å². The number of amides is 3. The first-order valence-corrected chi connectivity index (χ1v) is 12.6. The molecule has 0 aliphatic carbocycles. The Balaban J connectivity index is 0.000000400. The van der Waals surface area contributed by atoms with Crippen LogP contribution in [0.5, 0.6) is 0 Å². The molecule has 5 rings (SSSR count). The van der Waals surface area contributed by atoms with Gasteiger partial charge in [0.1, 0.15) is 5.54 Å². The number of nitrogens with zero attached hydrogens (tertiary/aromatic N) is 2. The molecular formula is C33H34N2O4. The second kappa shape index (κ2) is 13.8. The van der Waals surface area contributed by atoms with Crippen LogP contribution in [0.3, 0.4) is 0 Å². The predicted octanol–water partition coefficient (Wildman–Crippen LogP) is 6.61. The summed E-state index contributed by atoms with van der Waals surface area (Å²) in [7, 11) is 3.25. The third-order valence-electron chi connectivity index (χ3n) is 6.10. The molecular weight excluding hydrogens is 488 g/mol. The summed E-state index contributed by atoms with van der Waals surface area (Å²) in [6, 6.07) is 36.8. The molecule has 0 radical (unpaired) electrons. The van der Waals surface area contributed by atoms with Gasteiger partial charge in [0.15, 0.2) is 5.78 Å². The third kappa shape index (κ3) is 7.27. The number of imide groups is 1. The molecule has 1 fully saturated rings. The number of methoxy groups -OCH3 is 1. The van der Waals surface area contributed by atoms with E-state index in [9.17, 15) is 14.4 Å². The molecule has 0 unspecified atom stereocenters. The molecule has 200 valence electrons. The molecule has 0 N–H and O–H groups in total. The normalized spacial score (nSPS) is 13.6. The monoisotopic (exact) mass is 522 g/mol. The average Bonchev–Trinajstić information content (AvgIpc) is 3.14. The molecule has 1 aliphatic heterocycles. The lowest BCUT2D eigenvalue weighted by molar-refractivity contribution is -0.123. The number of hydrogen-bond donors (Lipinski definition) is 0. The molecule has 0 aromatic heterocycles. The Labute approximate surface area is 230 Å². The Morgan fingerprint density at radius 3 is 1.56 bits per heavy atom. The van der Waals surface area contributed by atoms with Crippen LogP contribution >= 0.6 is 0 Å². The number of anilines is 1. The van der Waals surface area contributed by atoms with E-state index in [1.807, 2.05) is 84.9 Å². The number of benzene rings is 4. The van der Waals surface area contributed by atoms with Crippen LogP contribution in [-0.2, 0) is 16.1 Å². The first kappa shape index (κ1) is 29.0. The van der Waals surface area contributed by atoms with Gasteiger partial charge in [0, 0.05) is 31.9 Å². The number of carbonyl (C=O) groups is 3. The second-order valence-corrected chi connectivity index (χ2v) is 9.36. The van der Waals surface area contributed by atoms with Crippen molar-refractivity contribution < 1.29 is 19.1 Å². The Morgan fingerprint density at radius 1 is 0.667 bits per heavy atom. The van der Waals surface area contributed by atoms with Crippen LogP contribution in [0.15, 0.2) is 121 Å². The van der Waals surface area contributed by atoms with Crippen molar-refractivity contribution in [3.05, 3.63) is 138 Å². The molecule has 4 aromatic rings. The Hall–Kier alpha value is -4.55. The fraction of sp³-hybridized carbons (Fsp3) is 0.182. The van der Waals surface area contributed by atoms with E-state index in [1.165, 1.54) is 4.90 Å². The van der Waals surface area contributed by atoms with Crippen LogP contribution in [0.4, 0.5) is 10.5 Å². The lowest BCUT2D eigenvalue weighted by atomic mass is 10.0. The van der Waals surface area contributed by atoms with E-state index in [0.29, 0.717) is 23.4 Å². The molecule has 1 heterocycles. The summed E-state index contributed by atoms with van der Waals surface area (Å²) < 4.78 is 4.25. The fourth-order valence-corrected chi connectivity index (χ4v) is 4.00. The van der Waals surface area contributed by atoms with Gasteiger partial charge in [-0.05, 0) is 43.7 Å². The summed E-state index contributed by atoms with van der Waals surface area (Å²) in [5, 5.41) is 0. The smallest absolute Gasteiger partial charge is 0.332 e. The van der Waals surface area contributed by atoms with Crippen LogP contribution in [0.25, 0.3) is 0 Å². The molecule has 6 heteroatoms. The zero-order valence-electron chi connectivity index (χ0n) is 22.8. The summed E-state index contributed by atoms with van der Waals surface area (Å²) in [5.74, 6) is -0.391. The van der Waals surface area contributed by atoms with Gasteiger partial charge in [-0.25, -0.2) is 9.69 Å². The maximum absolute atomic E-state index is 13.1. The zero-order chi connectivity index (χ0) is 28.3. The lowest BCUT2D eigenvalue weighted by Gasteiger charge is -2.27. The van der Waals surface area contributed by atoms with E-state index in [2.05, 4.69) is 4.74 Å². The minimum atomic E-state index is -0.967. The number of ketones is 1. The third-order valence-corrected chi connectivity index (χ3v) is 6.10. The van der Waals surface area contributed by atoms with Crippen molar-refractivity contribution in [2.45, 2.75) is 25.9 Å². The minimum absolute atomic E-state index is 0.104. The standard InChI is InChI=1S/C25H22N2O3.C6H6.C2H6O/c1-25(2)23(29)27(24(30)26(25)17-18-9-5-3-6-10-18)21-15-13-20(14-16-21)22(28)19-11-7-4-8-12-19;1-2-4-6-5-3-1;1-3-2/h3-16H,17H2,1-2H3;1-6H;1-2H3. The van der Waals surface area contributed by atoms with E-state index in [0.717, 1.165) is 5.56 Å². The van der Waals surface area contributed by atoms with E-state index in [4.69, 9.17) is 0 Å². The van der Waals surface area contributed by atoms with E-state index in [1.54, 1.807) is 69.4 Å².